The van der Waals surface area contributed by atoms with Gasteiger partial charge in [0, 0.05) is 6.92 Å². The highest BCUT2D eigenvalue weighted by atomic mass is 31.2. The molecule has 1 aliphatic rings. The maximum Gasteiger partial charge on any atom is 0.469 e. The molecule has 0 aromatic carbocycles. The van der Waals surface area contributed by atoms with Crippen LogP contribution in [0.1, 0.15) is 69.2 Å². The average Bonchev–Trinajstić information content (AvgIpc) is 3.01. The molecule has 10 nitrogen and oxygen atoms in total. The maximum absolute atomic E-state index is 12.0. The van der Waals surface area contributed by atoms with Crippen LogP contribution in [0.4, 0.5) is 0 Å². The van der Waals surface area contributed by atoms with Crippen molar-refractivity contribution in [3.63, 3.8) is 0 Å². The largest absolute Gasteiger partial charge is 0.469 e. The quantitative estimate of drug-likeness (QED) is 0.220. The van der Waals surface area contributed by atoms with Crippen LogP contribution in [0, 0.1) is 0 Å². The Hall–Kier alpha value is -0.146. The molecule has 4 atom stereocenters. The van der Waals surface area contributed by atoms with E-state index in [4.69, 9.17) is 18.1 Å². The van der Waals surface area contributed by atoms with E-state index in [1.165, 1.54) is 26.6 Å². The summed E-state index contributed by atoms with van der Waals surface area (Å²) in [6.07, 6.45) is -2.30. The first-order chi connectivity index (χ1) is 16.9. The predicted octanol–water partition coefficient (Wildman–Crippen LogP) is 5.09. The molecule has 0 spiro atoms. The van der Waals surface area contributed by atoms with Crippen LogP contribution >= 0.6 is 7.82 Å². The van der Waals surface area contributed by atoms with E-state index in [9.17, 15) is 19.1 Å². The average molecular weight is 601 g/mol. The number of phosphoric ester groups is 1. The second kappa shape index (κ2) is 14.7. The number of nitrogens with zero attached hydrogens (tertiary/aromatic N) is 1. The minimum atomic E-state index is -4.71. The molecule has 0 saturated carbocycles. The Kier molecular flexibility index (Phi) is 14.6. The van der Waals surface area contributed by atoms with Crippen LogP contribution in [0.15, 0.2) is 0 Å². The van der Waals surface area contributed by atoms with Crippen molar-refractivity contribution < 1.29 is 37.3 Å². The summed E-state index contributed by atoms with van der Waals surface area (Å²) in [5.41, 5.74) is 0. The lowest BCUT2D eigenvalue weighted by Gasteiger charge is -2.41. The molecular weight excluding hydrogens is 543 g/mol. The molecule has 0 aromatic rings. The summed E-state index contributed by atoms with van der Waals surface area (Å²) in [6, 6.07) is -0.633. The van der Waals surface area contributed by atoms with Crippen LogP contribution < -0.4 is 5.32 Å². The van der Waals surface area contributed by atoms with Crippen LogP contribution in [0.2, 0.25) is 36.3 Å². The Labute approximate surface area is 234 Å². The number of hydrogen-bond donors (Lipinski definition) is 3. The van der Waals surface area contributed by atoms with Gasteiger partial charge in [0.2, 0.25) is 5.91 Å². The molecule has 0 radical (unpaired) electrons. The summed E-state index contributed by atoms with van der Waals surface area (Å²) in [5, 5.41) is 2.67. The number of rotatable bonds is 11. The van der Waals surface area contributed by atoms with Crippen molar-refractivity contribution in [1.29, 1.82) is 0 Å². The highest BCUT2D eigenvalue weighted by molar-refractivity contribution is 7.46. The molecule has 1 heterocycles. The van der Waals surface area contributed by atoms with E-state index >= 15 is 0 Å². The van der Waals surface area contributed by atoms with Crippen LogP contribution in [-0.2, 0) is 27.5 Å². The fraction of sp³-hybridized carbons (Fsp3) is 0.960. The van der Waals surface area contributed by atoms with Crippen molar-refractivity contribution in [2.75, 3.05) is 26.2 Å². The highest BCUT2D eigenvalue weighted by Gasteiger charge is 2.53. The van der Waals surface area contributed by atoms with Gasteiger partial charge in [-0.2, -0.15) is 0 Å². The van der Waals surface area contributed by atoms with Gasteiger partial charge in [-0.15, -0.1) is 0 Å². The minimum absolute atomic E-state index is 0.104. The van der Waals surface area contributed by atoms with Gasteiger partial charge in [-0.05, 0) is 55.9 Å². The first-order valence-electron chi connectivity index (χ1n) is 13.6. The van der Waals surface area contributed by atoms with Gasteiger partial charge in [-0.25, -0.2) is 4.57 Å². The van der Waals surface area contributed by atoms with Crippen LogP contribution in [0.25, 0.3) is 0 Å². The first-order valence-corrected chi connectivity index (χ1v) is 21.0. The molecule has 1 fully saturated rings. The minimum Gasteiger partial charge on any atom is -0.409 e. The fourth-order valence-electron chi connectivity index (χ4n) is 3.32. The van der Waals surface area contributed by atoms with Crippen LogP contribution in [0.3, 0.4) is 0 Å². The van der Waals surface area contributed by atoms with E-state index in [2.05, 4.69) is 98.7 Å². The molecule has 0 bridgehead atoms. The van der Waals surface area contributed by atoms with Gasteiger partial charge < -0.3 is 33.6 Å². The van der Waals surface area contributed by atoms with Gasteiger partial charge in [0.15, 0.2) is 22.9 Å². The predicted molar refractivity (Wildman–Crippen MR) is 158 cm³/mol. The number of ether oxygens (including phenoxy) is 1. The monoisotopic (exact) mass is 600 g/mol. The molecule has 13 heteroatoms. The third kappa shape index (κ3) is 12.2. The summed E-state index contributed by atoms with van der Waals surface area (Å²) < 4.78 is 35.2. The van der Waals surface area contributed by atoms with E-state index in [0.717, 1.165) is 0 Å². The van der Waals surface area contributed by atoms with Gasteiger partial charge in [0.25, 0.3) is 0 Å². The van der Waals surface area contributed by atoms with Gasteiger partial charge in [0.1, 0.15) is 12.1 Å². The molecule has 0 aliphatic carbocycles. The third-order valence-electron chi connectivity index (χ3n) is 7.89. The molecule has 228 valence electrons. The second-order valence-corrected chi connectivity index (χ2v) is 23.6. The lowest BCUT2D eigenvalue weighted by molar-refractivity contribution is -0.124. The summed E-state index contributed by atoms with van der Waals surface area (Å²) in [4.78, 5) is 32.8. The van der Waals surface area contributed by atoms with Gasteiger partial charge in [0.05, 0.1) is 12.7 Å². The lowest BCUT2D eigenvalue weighted by Crippen LogP contribution is -2.56. The molecule has 1 rings (SSSR count). The zero-order chi connectivity index (χ0) is 30.3. The van der Waals surface area contributed by atoms with E-state index in [1.807, 2.05) is 0 Å². The molecule has 0 unspecified atom stereocenters. The third-order valence-corrected chi connectivity index (χ3v) is 17.3. The van der Waals surface area contributed by atoms with E-state index in [1.54, 1.807) is 0 Å². The van der Waals surface area contributed by atoms with E-state index < -0.39 is 49.0 Å². The highest BCUT2D eigenvalue weighted by Crippen LogP contribution is 2.44. The van der Waals surface area contributed by atoms with Crippen molar-refractivity contribution in [2.45, 2.75) is 130 Å². The van der Waals surface area contributed by atoms with Crippen molar-refractivity contribution in [2.24, 2.45) is 0 Å². The number of amides is 1. The van der Waals surface area contributed by atoms with Gasteiger partial charge >= 0.3 is 7.82 Å². The normalized spacial score (nSPS) is 23.3. The van der Waals surface area contributed by atoms with Crippen molar-refractivity contribution >= 4 is 30.4 Å². The molecule has 1 aliphatic heterocycles. The molecule has 1 saturated heterocycles. The zero-order valence-corrected chi connectivity index (χ0v) is 29.3. The Morgan fingerprint density at radius 1 is 0.921 bits per heavy atom. The molecular formula is C25H57N2O8PSi2. The molecule has 1 amide bonds. The van der Waals surface area contributed by atoms with Crippen molar-refractivity contribution in [3.05, 3.63) is 0 Å². The molecule has 38 heavy (non-hydrogen) atoms. The zero-order valence-electron chi connectivity index (χ0n) is 26.4. The summed E-state index contributed by atoms with van der Waals surface area (Å²) in [5.74, 6) is -0.266. The van der Waals surface area contributed by atoms with Crippen LogP contribution in [0.5, 0.6) is 0 Å². The number of carbonyl (C=O) groups is 1. The topological polar surface area (TPSA) is 127 Å². The standard InChI is InChI=1S/C19H42NO8PSi2.C6H15N/c1-13(21)20-15-16(27-30(8,9)18(2,3)4)14(12-25-29(22,23)24)26-17(15)28-31(10,11)19(5,6)7;1-4-7(5-2)6-3/h14-17H,12H2,1-11H3,(H,20,21)(H2,22,23,24);4-6H2,1-3H3/t14-,15-,16-,17+;/m1./s1. The summed E-state index contributed by atoms with van der Waals surface area (Å²) in [7, 11) is -9.33. The Morgan fingerprint density at radius 3 is 1.66 bits per heavy atom. The molecule has 0 aromatic heterocycles. The smallest absolute Gasteiger partial charge is 0.409 e. The lowest BCUT2D eigenvalue weighted by atomic mass is 10.1. The summed E-state index contributed by atoms with van der Waals surface area (Å²) in [6.45, 7) is 32.0. The SMILES string of the molecule is CC(=O)N[C@H]1[C@H](O[Si](C)(C)C(C)(C)C)O[C@H](COP(=O)(O)O)[C@H]1O[Si](C)(C)C(C)(C)C.CCN(CC)CC. The summed E-state index contributed by atoms with van der Waals surface area (Å²) >= 11 is 0. The van der Waals surface area contributed by atoms with Crippen molar-refractivity contribution in [1.82, 2.24) is 10.2 Å². The number of phosphoric acid groups is 1. The van der Waals surface area contributed by atoms with Gasteiger partial charge in [-0.1, -0.05) is 62.3 Å². The maximum atomic E-state index is 12.0. The Bertz CT molecular complexity index is 771. The Morgan fingerprint density at radius 2 is 1.34 bits per heavy atom. The second-order valence-electron chi connectivity index (χ2n) is 12.9. The number of hydrogen-bond acceptors (Lipinski definition) is 7. The Balaban J connectivity index is 0.00000171. The number of nitrogens with one attached hydrogen (secondary N) is 1. The van der Waals surface area contributed by atoms with Crippen molar-refractivity contribution in [3.8, 4) is 0 Å². The molecule has 3 N–H and O–H groups in total. The van der Waals surface area contributed by atoms with Gasteiger partial charge in [-0.3, -0.25) is 9.32 Å². The van der Waals surface area contributed by atoms with E-state index in [-0.39, 0.29) is 22.6 Å². The van der Waals surface area contributed by atoms with E-state index in [0.29, 0.717) is 0 Å². The first kappa shape index (κ1) is 37.9. The number of carbonyl (C=O) groups excluding carboxylic acids is 1. The van der Waals surface area contributed by atoms with Crippen LogP contribution in [-0.4, -0.2) is 88.0 Å². The fourth-order valence-corrected chi connectivity index (χ4v) is 6.13.